The van der Waals surface area contributed by atoms with Crippen LogP contribution < -0.4 is 5.14 Å². The highest BCUT2D eigenvalue weighted by Crippen LogP contribution is 2.34. The molecule has 0 aliphatic rings. The minimum absolute atomic E-state index is 0.399. The lowest BCUT2D eigenvalue weighted by Crippen LogP contribution is -2.14. The first-order valence-corrected chi connectivity index (χ1v) is 5.77. The molecule has 1 aromatic heterocycles. The molecule has 0 bridgehead atoms. The molecule has 0 unspecified atom stereocenters. The van der Waals surface area contributed by atoms with Crippen molar-refractivity contribution >= 4 is 26.0 Å². The van der Waals surface area contributed by atoms with Gasteiger partial charge in [0.25, 0.3) is 16.4 Å². The molecule has 84 valence electrons. The largest absolute Gasteiger partial charge is 0.505 e. The van der Waals surface area contributed by atoms with E-state index in [-0.39, 0.29) is 0 Å². The zero-order chi connectivity index (χ0) is 11.8. The van der Waals surface area contributed by atoms with E-state index in [2.05, 4.69) is 20.9 Å². The molecule has 0 radical (unpaired) electrons. The molecule has 0 atom stereocenters. The molecule has 9 heteroatoms. The third kappa shape index (κ3) is 2.61. The van der Waals surface area contributed by atoms with Gasteiger partial charge in [-0.05, 0) is 22.0 Å². The summed E-state index contributed by atoms with van der Waals surface area (Å²) in [5.74, 6) is -0.808. The smallest absolute Gasteiger partial charge is 0.267 e. The highest BCUT2D eigenvalue weighted by Gasteiger charge is 2.21. The summed E-state index contributed by atoms with van der Waals surface area (Å²) >= 11 is 2.64. The fraction of sp³-hybridized carbons (Fsp3) is 0.167. The number of primary sulfonamides is 1. The summed E-state index contributed by atoms with van der Waals surface area (Å²) in [4.78, 5) is 3.31. The van der Waals surface area contributed by atoms with Crippen LogP contribution in [-0.4, -0.2) is 18.5 Å². The van der Waals surface area contributed by atoms with Crippen LogP contribution in [0, 0.1) is 0 Å². The van der Waals surface area contributed by atoms with Crippen LogP contribution >= 0.6 is 15.9 Å². The van der Waals surface area contributed by atoms with Crippen molar-refractivity contribution in [3.8, 4) is 5.75 Å². The molecule has 0 amide bonds. The van der Waals surface area contributed by atoms with E-state index in [1.54, 1.807) is 0 Å². The summed E-state index contributed by atoms with van der Waals surface area (Å²) in [5.41, 5.74) is -0.846. The van der Waals surface area contributed by atoms with Crippen LogP contribution in [0.15, 0.2) is 15.7 Å². The maximum atomic E-state index is 12.3. The molecule has 3 N–H and O–H groups in total. The fourth-order valence-corrected chi connectivity index (χ4v) is 1.86. The van der Waals surface area contributed by atoms with Crippen molar-refractivity contribution in [2.24, 2.45) is 5.14 Å². The van der Waals surface area contributed by atoms with Gasteiger partial charge in [0.05, 0.1) is 5.56 Å². The van der Waals surface area contributed by atoms with Gasteiger partial charge in [-0.2, -0.15) is 0 Å². The fourth-order valence-electron chi connectivity index (χ4n) is 0.815. The second-order valence-electron chi connectivity index (χ2n) is 2.53. The molecule has 15 heavy (non-hydrogen) atoms. The van der Waals surface area contributed by atoms with Crippen LogP contribution in [0.3, 0.4) is 0 Å². The number of alkyl halides is 2. The van der Waals surface area contributed by atoms with E-state index in [9.17, 15) is 17.2 Å². The first-order chi connectivity index (χ1) is 6.73. The molecule has 0 saturated heterocycles. The van der Waals surface area contributed by atoms with Gasteiger partial charge in [-0.1, -0.05) is 0 Å². The highest BCUT2D eigenvalue weighted by molar-refractivity contribution is 9.10. The lowest BCUT2D eigenvalue weighted by molar-refractivity contribution is 0.146. The Balaban J connectivity index is 3.50. The van der Waals surface area contributed by atoms with Gasteiger partial charge in [-0.3, -0.25) is 0 Å². The third-order valence-corrected chi connectivity index (χ3v) is 2.83. The maximum Gasteiger partial charge on any atom is 0.267 e. The number of aromatic hydroxyl groups is 1. The van der Waals surface area contributed by atoms with Gasteiger partial charge in [-0.25, -0.2) is 27.3 Å². The van der Waals surface area contributed by atoms with Crippen LogP contribution in [0.5, 0.6) is 5.75 Å². The van der Waals surface area contributed by atoms with Crippen LogP contribution in [-0.2, 0) is 10.0 Å². The Morgan fingerprint density at radius 1 is 1.53 bits per heavy atom. The summed E-state index contributed by atoms with van der Waals surface area (Å²) in [5, 5.41) is 13.1. The Morgan fingerprint density at radius 3 is 2.47 bits per heavy atom. The lowest BCUT2D eigenvalue weighted by atomic mass is 10.2. The average molecular weight is 303 g/mol. The van der Waals surface area contributed by atoms with Crippen LogP contribution in [0.1, 0.15) is 12.0 Å². The van der Waals surface area contributed by atoms with Crippen LogP contribution in [0.2, 0.25) is 0 Å². The van der Waals surface area contributed by atoms with E-state index in [0.717, 1.165) is 0 Å². The highest BCUT2D eigenvalue weighted by atomic mass is 79.9. The molecule has 1 rings (SSSR count). The van der Waals surface area contributed by atoms with Gasteiger partial charge in [0.15, 0.2) is 10.8 Å². The van der Waals surface area contributed by atoms with Gasteiger partial charge in [0, 0.05) is 0 Å². The van der Waals surface area contributed by atoms with E-state index in [0.29, 0.717) is 6.07 Å². The van der Waals surface area contributed by atoms with Crippen molar-refractivity contribution in [2.75, 3.05) is 0 Å². The minimum atomic E-state index is -4.18. The summed E-state index contributed by atoms with van der Waals surface area (Å²) in [6.45, 7) is 0. The minimum Gasteiger partial charge on any atom is -0.505 e. The molecule has 0 aromatic carbocycles. The SMILES string of the molecule is NS(=O)(=O)c1cc(C(F)F)c(O)c(Br)n1. The Kier molecular flexibility index (Phi) is 3.26. The first kappa shape index (κ1) is 12.3. The topological polar surface area (TPSA) is 93.3 Å². The molecule has 1 heterocycles. The summed E-state index contributed by atoms with van der Waals surface area (Å²) in [6, 6.07) is 0.528. The second kappa shape index (κ2) is 3.99. The number of pyridine rings is 1. The number of aromatic nitrogens is 1. The Bertz CT molecular complexity index is 491. The normalized spacial score (nSPS) is 12.1. The molecular formula is C6H5BrF2N2O3S. The average Bonchev–Trinajstić information content (AvgIpc) is 2.06. The van der Waals surface area contributed by atoms with Gasteiger partial charge in [0.1, 0.15) is 4.60 Å². The summed E-state index contributed by atoms with van der Waals surface area (Å²) < 4.78 is 45.9. The zero-order valence-corrected chi connectivity index (χ0v) is 9.39. The summed E-state index contributed by atoms with van der Waals surface area (Å²) in [6.07, 6.45) is -3.02. The van der Waals surface area contributed by atoms with Crippen molar-refractivity contribution in [3.05, 3.63) is 16.2 Å². The second-order valence-corrected chi connectivity index (χ2v) is 4.79. The quantitative estimate of drug-likeness (QED) is 0.801. The Morgan fingerprint density at radius 2 is 2.07 bits per heavy atom. The molecule has 0 saturated carbocycles. The predicted octanol–water partition coefficient (Wildman–Crippen LogP) is 1.13. The maximum absolute atomic E-state index is 12.3. The lowest BCUT2D eigenvalue weighted by Gasteiger charge is -2.06. The first-order valence-electron chi connectivity index (χ1n) is 3.44. The van der Waals surface area contributed by atoms with Crippen molar-refractivity contribution in [1.82, 2.24) is 4.98 Å². The molecule has 0 fully saturated rings. The molecular weight excluding hydrogens is 298 g/mol. The van der Waals surface area contributed by atoms with E-state index in [1.807, 2.05) is 0 Å². The van der Waals surface area contributed by atoms with Crippen LogP contribution in [0.25, 0.3) is 0 Å². The van der Waals surface area contributed by atoms with Gasteiger partial charge >= 0.3 is 0 Å². The van der Waals surface area contributed by atoms with Crippen molar-refractivity contribution in [3.63, 3.8) is 0 Å². The van der Waals surface area contributed by atoms with Crippen molar-refractivity contribution in [2.45, 2.75) is 11.5 Å². The number of halogens is 3. The Labute approximate surface area is 92.1 Å². The van der Waals surface area contributed by atoms with E-state index in [4.69, 9.17) is 10.2 Å². The van der Waals surface area contributed by atoms with Crippen molar-refractivity contribution in [1.29, 1.82) is 0 Å². The Hall–Kier alpha value is -0.800. The number of hydrogen-bond donors (Lipinski definition) is 2. The van der Waals surface area contributed by atoms with Gasteiger partial charge in [-0.15, -0.1) is 0 Å². The zero-order valence-electron chi connectivity index (χ0n) is 6.99. The van der Waals surface area contributed by atoms with Crippen LogP contribution in [0.4, 0.5) is 8.78 Å². The molecule has 5 nitrogen and oxygen atoms in total. The van der Waals surface area contributed by atoms with Gasteiger partial charge in [0.2, 0.25) is 0 Å². The van der Waals surface area contributed by atoms with E-state index in [1.165, 1.54) is 0 Å². The predicted molar refractivity (Wildman–Crippen MR) is 49.9 cm³/mol. The third-order valence-electron chi connectivity index (χ3n) is 1.48. The van der Waals surface area contributed by atoms with E-state index >= 15 is 0 Å². The van der Waals surface area contributed by atoms with E-state index < -0.39 is 37.4 Å². The monoisotopic (exact) mass is 302 g/mol. The molecule has 0 aliphatic carbocycles. The standard InChI is InChI=1S/C6H5BrF2N2O3S/c7-5-4(12)2(6(8)9)1-3(11-5)15(10,13)14/h1,6,12H,(H2,10,13,14). The summed E-state index contributed by atoms with van der Waals surface area (Å²) in [7, 11) is -4.18. The van der Waals surface area contributed by atoms with Crippen molar-refractivity contribution < 1.29 is 22.3 Å². The molecule has 1 aromatic rings. The molecule has 0 spiro atoms. The number of nitrogens with two attached hydrogens (primary N) is 1. The van der Waals surface area contributed by atoms with Gasteiger partial charge < -0.3 is 5.11 Å². The number of rotatable bonds is 2. The molecule has 0 aliphatic heterocycles. The number of sulfonamides is 1. The number of nitrogens with zero attached hydrogens (tertiary/aromatic N) is 1. The number of hydrogen-bond acceptors (Lipinski definition) is 4.